The van der Waals surface area contributed by atoms with Gasteiger partial charge < -0.3 is 24.6 Å². The second kappa shape index (κ2) is 7.13. The van der Waals surface area contributed by atoms with Crippen LogP contribution in [0.15, 0.2) is 23.7 Å². The molecule has 0 aromatic carbocycles. The summed E-state index contributed by atoms with van der Waals surface area (Å²) in [5.74, 6) is 1.61. The summed E-state index contributed by atoms with van der Waals surface area (Å²) in [5.41, 5.74) is 0.888. The van der Waals surface area contributed by atoms with Gasteiger partial charge in [-0.3, -0.25) is 4.79 Å². The van der Waals surface area contributed by atoms with Crippen molar-refractivity contribution >= 4 is 17.2 Å². The molecule has 2 aromatic rings. The number of hydrogen-bond acceptors (Lipinski definition) is 7. The zero-order chi connectivity index (χ0) is 18.1. The average Bonchev–Trinajstić information content (AvgIpc) is 3.08. The van der Waals surface area contributed by atoms with Crippen LogP contribution < -0.4 is 19.5 Å². The van der Waals surface area contributed by atoms with Gasteiger partial charge in [-0.1, -0.05) is 6.07 Å². The van der Waals surface area contributed by atoms with Gasteiger partial charge >= 0.3 is 0 Å². The molecular formula is C18H20N2O5S. The van der Waals surface area contributed by atoms with E-state index in [4.69, 9.17) is 14.2 Å². The molecule has 1 saturated carbocycles. The van der Waals surface area contributed by atoms with Crippen LogP contribution in [0.4, 0.5) is 0 Å². The highest BCUT2D eigenvalue weighted by Gasteiger charge is 2.37. The molecule has 138 valence electrons. The van der Waals surface area contributed by atoms with Crippen LogP contribution in [0.5, 0.6) is 17.4 Å². The fourth-order valence-electron chi connectivity index (χ4n) is 3.30. The summed E-state index contributed by atoms with van der Waals surface area (Å²) in [4.78, 5) is 17.6. The predicted octanol–water partition coefficient (Wildman–Crippen LogP) is 2.16. The number of nitrogens with zero attached hydrogens (tertiary/aromatic N) is 1. The number of aliphatic hydroxyl groups is 1. The largest absolute Gasteiger partial charge is 0.485 e. The molecule has 1 atom stereocenters. The predicted molar refractivity (Wildman–Crippen MR) is 95.0 cm³/mol. The first-order valence-corrected chi connectivity index (χ1v) is 9.39. The molecule has 0 radical (unpaired) electrons. The highest BCUT2D eigenvalue weighted by Crippen LogP contribution is 2.41. The van der Waals surface area contributed by atoms with E-state index < -0.39 is 0 Å². The van der Waals surface area contributed by atoms with Crippen LogP contribution in [0.2, 0.25) is 0 Å². The summed E-state index contributed by atoms with van der Waals surface area (Å²) in [6.45, 7) is 0.926. The molecule has 0 spiro atoms. The molecule has 2 N–H and O–H groups in total. The normalized spacial score (nSPS) is 22.2. The third kappa shape index (κ3) is 3.22. The van der Waals surface area contributed by atoms with Crippen LogP contribution in [0.25, 0.3) is 0 Å². The number of aliphatic hydroxyl groups excluding tert-OH is 1. The lowest BCUT2D eigenvalue weighted by atomic mass is 9.75. The number of fused-ring (bicyclic) bond motifs is 1. The first kappa shape index (κ1) is 17.1. The first-order chi connectivity index (χ1) is 12.7. The molecule has 0 bridgehead atoms. The van der Waals surface area contributed by atoms with E-state index in [2.05, 4.69) is 10.3 Å². The maximum Gasteiger partial charge on any atom is 0.265 e. The second-order valence-corrected chi connectivity index (χ2v) is 7.31. The van der Waals surface area contributed by atoms with Crippen molar-refractivity contribution in [2.45, 2.75) is 25.0 Å². The van der Waals surface area contributed by atoms with Crippen LogP contribution in [0.1, 0.15) is 34.1 Å². The maximum atomic E-state index is 12.9. The van der Waals surface area contributed by atoms with Gasteiger partial charge in [0, 0.05) is 17.6 Å². The van der Waals surface area contributed by atoms with Gasteiger partial charge in [-0.2, -0.15) is 0 Å². The van der Waals surface area contributed by atoms with Crippen LogP contribution in [-0.2, 0) is 0 Å². The summed E-state index contributed by atoms with van der Waals surface area (Å²) < 4.78 is 16.2. The summed E-state index contributed by atoms with van der Waals surface area (Å²) >= 11 is 1.31. The van der Waals surface area contributed by atoms with Gasteiger partial charge in [-0.05, 0) is 24.3 Å². The Labute approximate surface area is 154 Å². The van der Waals surface area contributed by atoms with E-state index in [9.17, 15) is 9.90 Å². The smallest absolute Gasteiger partial charge is 0.265 e. The molecule has 2 aliphatic rings. The summed E-state index contributed by atoms with van der Waals surface area (Å²) in [6.07, 6.45) is 2.70. The molecule has 4 rings (SSSR count). The Bertz CT molecular complexity index is 785. The van der Waals surface area contributed by atoms with E-state index in [0.29, 0.717) is 48.3 Å². The quantitative estimate of drug-likeness (QED) is 0.831. The summed E-state index contributed by atoms with van der Waals surface area (Å²) in [7, 11) is 1.56. The van der Waals surface area contributed by atoms with Gasteiger partial charge in [0.15, 0.2) is 11.5 Å². The van der Waals surface area contributed by atoms with Crippen LogP contribution in [0.3, 0.4) is 0 Å². The van der Waals surface area contributed by atoms with E-state index in [1.165, 1.54) is 11.3 Å². The molecule has 3 heterocycles. The van der Waals surface area contributed by atoms with Crippen molar-refractivity contribution in [1.29, 1.82) is 0 Å². The minimum atomic E-state index is -0.308. The van der Waals surface area contributed by atoms with Gasteiger partial charge in [-0.25, -0.2) is 4.98 Å². The minimum Gasteiger partial charge on any atom is -0.485 e. The number of methoxy groups -OCH3 is 1. The number of rotatable bonds is 5. The van der Waals surface area contributed by atoms with Crippen LogP contribution >= 0.6 is 11.3 Å². The van der Waals surface area contributed by atoms with E-state index >= 15 is 0 Å². The highest BCUT2D eigenvalue weighted by atomic mass is 32.1. The fraction of sp³-hybridized carbons (Fsp3) is 0.444. The average molecular weight is 376 g/mol. The first-order valence-electron chi connectivity index (χ1n) is 8.51. The van der Waals surface area contributed by atoms with E-state index in [0.717, 1.165) is 5.56 Å². The Hall–Kier alpha value is -2.32. The summed E-state index contributed by atoms with van der Waals surface area (Å²) in [5, 5.41) is 14.6. The number of ether oxygens (including phenoxy) is 3. The summed E-state index contributed by atoms with van der Waals surface area (Å²) in [6, 6.07) is 3.44. The molecule has 2 aromatic heterocycles. The Balaban J connectivity index is 1.56. The fourth-order valence-corrected chi connectivity index (χ4v) is 4.13. The van der Waals surface area contributed by atoms with Gasteiger partial charge in [0.05, 0.1) is 19.3 Å². The van der Waals surface area contributed by atoms with Crippen molar-refractivity contribution in [2.24, 2.45) is 5.92 Å². The minimum absolute atomic E-state index is 0.164. The van der Waals surface area contributed by atoms with Crippen molar-refractivity contribution in [3.05, 3.63) is 34.2 Å². The monoisotopic (exact) mass is 376 g/mol. The van der Waals surface area contributed by atoms with Crippen molar-refractivity contribution in [2.75, 3.05) is 20.3 Å². The van der Waals surface area contributed by atoms with Crippen molar-refractivity contribution < 1.29 is 24.1 Å². The standard InChI is InChI=1S/C18H20N2O5S/c1-23-14-3-2-10(8-19-14)15(11-6-12(21)7-11)20-18(22)17-16-13(9-26-17)24-4-5-25-16/h2-3,8-9,11-12,15,21H,4-7H2,1H3,(H,20,22)/t11?,12?,15-/m1/s1. The molecular weight excluding hydrogens is 356 g/mol. The Morgan fingerprint density at radius 1 is 1.38 bits per heavy atom. The van der Waals surface area contributed by atoms with Gasteiger partial charge in [0.2, 0.25) is 5.88 Å². The molecule has 8 heteroatoms. The lowest BCUT2D eigenvalue weighted by Gasteiger charge is -2.38. The van der Waals surface area contributed by atoms with Gasteiger partial charge in [0.25, 0.3) is 5.91 Å². The van der Waals surface area contributed by atoms with Crippen molar-refractivity contribution in [1.82, 2.24) is 10.3 Å². The second-order valence-electron chi connectivity index (χ2n) is 6.43. The number of aromatic nitrogens is 1. The molecule has 26 heavy (non-hydrogen) atoms. The molecule has 0 unspecified atom stereocenters. The number of nitrogens with one attached hydrogen (secondary N) is 1. The highest BCUT2D eigenvalue weighted by molar-refractivity contribution is 7.12. The molecule has 1 aliphatic heterocycles. The Morgan fingerprint density at radius 3 is 2.88 bits per heavy atom. The number of carbonyl (C=O) groups excluding carboxylic acids is 1. The van der Waals surface area contributed by atoms with Gasteiger partial charge in [-0.15, -0.1) is 11.3 Å². The van der Waals surface area contributed by atoms with E-state index in [1.54, 1.807) is 24.8 Å². The SMILES string of the molecule is COc1ccc([C@@H](NC(=O)c2scc3c2OCCO3)C2CC(O)C2)cn1. The number of pyridine rings is 1. The number of thiophene rings is 1. The number of amides is 1. The molecule has 1 amide bonds. The Morgan fingerprint density at radius 2 is 2.19 bits per heavy atom. The topological polar surface area (TPSA) is 89.9 Å². The zero-order valence-corrected chi connectivity index (χ0v) is 15.1. The number of carbonyl (C=O) groups is 1. The van der Waals surface area contributed by atoms with Crippen LogP contribution in [-0.4, -0.2) is 42.4 Å². The number of hydrogen-bond donors (Lipinski definition) is 2. The Kier molecular flexibility index (Phi) is 4.69. The van der Waals surface area contributed by atoms with E-state index in [1.807, 2.05) is 6.07 Å². The van der Waals surface area contributed by atoms with Gasteiger partial charge in [0.1, 0.15) is 18.1 Å². The van der Waals surface area contributed by atoms with E-state index in [-0.39, 0.29) is 24.0 Å². The third-order valence-corrected chi connectivity index (χ3v) is 5.68. The van der Waals surface area contributed by atoms with Crippen molar-refractivity contribution in [3.8, 4) is 17.4 Å². The lowest BCUT2D eigenvalue weighted by molar-refractivity contribution is 0.0234. The lowest BCUT2D eigenvalue weighted by Crippen LogP contribution is -2.41. The maximum absolute atomic E-state index is 12.9. The third-order valence-electron chi connectivity index (χ3n) is 4.74. The molecule has 1 aliphatic carbocycles. The van der Waals surface area contributed by atoms with Crippen LogP contribution in [0, 0.1) is 5.92 Å². The zero-order valence-electron chi connectivity index (χ0n) is 14.3. The van der Waals surface area contributed by atoms with Crippen molar-refractivity contribution in [3.63, 3.8) is 0 Å². The molecule has 0 saturated heterocycles. The molecule has 1 fully saturated rings. The molecule has 7 nitrogen and oxygen atoms in total.